The number of hydrogen-bond acceptors (Lipinski definition) is 1. The Kier molecular flexibility index (Phi) is 6.76. The summed E-state index contributed by atoms with van der Waals surface area (Å²) in [6.45, 7) is 0.892. The van der Waals surface area contributed by atoms with Gasteiger partial charge in [-0.2, -0.15) is 0 Å². The molecular weight excluding hydrogens is 362 g/mol. The van der Waals surface area contributed by atoms with E-state index in [0.29, 0.717) is 0 Å². The molecule has 0 amide bonds. The number of halogens is 1. The highest BCUT2D eigenvalue weighted by atomic mass is 79.9. The maximum Gasteiger partial charge on any atom is 0.173 e. The molecule has 2 nitrogen and oxygen atoms in total. The van der Waals surface area contributed by atoms with E-state index in [0.717, 1.165) is 17.9 Å². The van der Waals surface area contributed by atoms with Crippen LogP contribution < -0.4 is 26.3 Å². The Morgan fingerprint density at radius 1 is 0.792 bits per heavy atom. The molecule has 0 N–H and O–H groups in total. The Morgan fingerprint density at radius 2 is 1.38 bits per heavy atom. The highest BCUT2D eigenvalue weighted by molar-refractivity contribution is 5.69. The predicted molar refractivity (Wildman–Crippen MR) is 94.1 cm³/mol. The van der Waals surface area contributed by atoms with E-state index in [1.807, 2.05) is 30.3 Å². The topological polar surface area (TPSA) is 13.1 Å². The standard InChI is InChI=1S/C21H20NO.BrH/c1-23-21-11-9-18(10-12-21)7-8-19-13-15-22(16-14-19)17-20-5-3-2-4-6-20;/h2-16H,17H2,1H3;1H/q+1;/p-1/b8-7+;. The average Bonchev–Trinajstić information content (AvgIpc) is 2.62. The summed E-state index contributed by atoms with van der Waals surface area (Å²) in [6, 6.07) is 22.8. The summed E-state index contributed by atoms with van der Waals surface area (Å²) in [7, 11) is 1.68. The summed E-state index contributed by atoms with van der Waals surface area (Å²) in [6.07, 6.45) is 8.45. The molecular formula is C21H20BrNO. The number of benzene rings is 2. The van der Waals surface area contributed by atoms with E-state index in [-0.39, 0.29) is 17.0 Å². The van der Waals surface area contributed by atoms with Crippen LogP contribution in [0.4, 0.5) is 0 Å². The van der Waals surface area contributed by atoms with Crippen LogP contribution in [-0.2, 0) is 6.54 Å². The van der Waals surface area contributed by atoms with E-state index in [1.165, 1.54) is 11.1 Å². The first-order valence-corrected chi connectivity index (χ1v) is 7.69. The minimum atomic E-state index is 0. The molecule has 1 heterocycles. The number of nitrogens with zero attached hydrogens (tertiary/aromatic N) is 1. The van der Waals surface area contributed by atoms with Crippen molar-refractivity contribution in [2.75, 3.05) is 7.11 Å². The second-order valence-electron chi connectivity index (χ2n) is 5.40. The van der Waals surface area contributed by atoms with Crippen molar-refractivity contribution >= 4 is 12.2 Å². The highest BCUT2D eigenvalue weighted by Crippen LogP contribution is 2.13. The van der Waals surface area contributed by atoms with Crippen LogP contribution in [0.15, 0.2) is 79.1 Å². The fraction of sp³-hybridized carbons (Fsp3) is 0.0952. The van der Waals surface area contributed by atoms with Crippen LogP contribution in [0.3, 0.4) is 0 Å². The van der Waals surface area contributed by atoms with Crippen LogP contribution in [0.5, 0.6) is 5.75 Å². The maximum absolute atomic E-state index is 5.17. The quantitative estimate of drug-likeness (QED) is 0.605. The van der Waals surface area contributed by atoms with Crippen molar-refractivity contribution in [3.8, 4) is 5.75 Å². The molecule has 0 unspecified atom stereocenters. The minimum Gasteiger partial charge on any atom is -1.00 e. The molecule has 0 aliphatic carbocycles. The van der Waals surface area contributed by atoms with Crippen molar-refractivity contribution in [2.45, 2.75) is 6.54 Å². The van der Waals surface area contributed by atoms with Gasteiger partial charge in [0.05, 0.1) is 7.11 Å². The first kappa shape index (κ1) is 18.0. The van der Waals surface area contributed by atoms with Crippen LogP contribution in [0, 0.1) is 0 Å². The molecule has 0 aliphatic heterocycles. The number of rotatable bonds is 5. The number of pyridine rings is 1. The smallest absolute Gasteiger partial charge is 0.173 e. The van der Waals surface area contributed by atoms with Gasteiger partial charge < -0.3 is 21.7 Å². The normalized spacial score (nSPS) is 10.4. The summed E-state index contributed by atoms with van der Waals surface area (Å²) < 4.78 is 7.35. The van der Waals surface area contributed by atoms with E-state index in [1.54, 1.807) is 7.11 Å². The molecule has 0 spiro atoms. The van der Waals surface area contributed by atoms with Gasteiger partial charge in [0.25, 0.3) is 0 Å². The van der Waals surface area contributed by atoms with E-state index in [2.05, 4.69) is 65.5 Å². The number of methoxy groups -OCH3 is 1. The molecule has 0 atom stereocenters. The van der Waals surface area contributed by atoms with Gasteiger partial charge in [0.15, 0.2) is 18.9 Å². The SMILES string of the molecule is COc1ccc(/C=C/c2cc[n+](Cc3ccccc3)cc2)cc1.[Br-]. The summed E-state index contributed by atoms with van der Waals surface area (Å²) in [4.78, 5) is 0. The first-order valence-electron chi connectivity index (χ1n) is 7.69. The van der Waals surface area contributed by atoms with Gasteiger partial charge in [0, 0.05) is 17.7 Å². The van der Waals surface area contributed by atoms with E-state index in [4.69, 9.17) is 4.74 Å². The Labute approximate surface area is 153 Å². The van der Waals surface area contributed by atoms with E-state index in [9.17, 15) is 0 Å². The average molecular weight is 382 g/mol. The highest BCUT2D eigenvalue weighted by Gasteiger charge is 2.01. The molecule has 0 fully saturated rings. The van der Waals surface area contributed by atoms with Crippen LogP contribution >= 0.6 is 0 Å². The Morgan fingerprint density at radius 3 is 1.96 bits per heavy atom. The predicted octanol–water partition coefficient (Wildman–Crippen LogP) is 1.21. The third-order valence-electron chi connectivity index (χ3n) is 3.71. The maximum atomic E-state index is 5.17. The second kappa shape index (κ2) is 9.04. The van der Waals surface area contributed by atoms with Crippen LogP contribution in [-0.4, -0.2) is 7.11 Å². The third kappa shape index (κ3) is 5.07. The molecule has 3 heteroatoms. The zero-order valence-corrected chi connectivity index (χ0v) is 15.2. The molecule has 1 aromatic heterocycles. The number of aromatic nitrogens is 1. The van der Waals surface area contributed by atoms with Crippen LogP contribution in [0.1, 0.15) is 16.7 Å². The molecule has 0 saturated carbocycles. The minimum absolute atomic E-state index is 0. The lowest BCUT2D eigenvalue weighted by Gasteiger charge is -2.00. The lowest BCUT2D eigenvalue weighted by atomic mass is 10.1. The van der Waals surface area contributed by atoms with Gasteiger partial charge in [0.1, 0.15) is 5.75 Å². The molecule has 0 aliphatic rings. The van der Waals surface area contributed by atoms with Crippen LogP contribution in [0.2, 0.25) is 0 Å². The zero-order chi connectivity index (χ0) is 15.9. The van der Waals surface area contributed by atoms with Gasteiger partial charge in [-0.05, 0) is 23.3 Å². The Balaban J connectivity index is 0.00000208. The van der Waals surface area contributed by atoms with Crippen molar-refractivity contribution in [1.82, 2.24) is 0 Å². The summed E-state index contributed by atoms with van der Waals surface area (Å²) in [5.41, 5.74) is 3.65. The van der Waals surface area contributed by atoms with Gasteiger partial charge in [0.2, 0.25) is 0 Å². The lowest BCUT2D eigenvalue weighted by molar-refractivity contribution is -0.688. The molecule has 3 aromatic rings. The first-order chi connectivity index (χ1) is 11.3. The monoisotopic (exact) mass is 381 g/mol. The van der Waals surface area contributed by atoms with Crippen LogP contribution in [0.25, 0.3) is 12.2 Å². The van der Waals surface area contributed by atoms with Crippen molar-refractivity contribution in [2.24, 2.45) is 0 Å². The van der Waals surface area contributed by atoms with Crippen molar-refractivity contribution in [3.63, 3.8) is 0 Å². The Bertz CT molecular complexity index is 765. The largest absolute Gasteiger partial charge is 1.00 e. The van der Waals surface area contributed by atoms with Gasteiger partial charge in [-0.3, -0.25) is 0 Å². The van der Waals surface area contributed by atoms with Crippen molar-refractivity contribution in [1.29, 1.82) is 0 Å². The molecule has 3 rings (SSSR count). The number of ether oxygens (including phenoxy) is 1. The van der Waals surface area contributed by atoms with Gasteiger partial charge >= 0.3 is 0 Å². The molecule has 0 radical (unpaired) electrons. The molecule has 0 bridgehead atoms. The fourth-order valence-electron chi connectivity index (χ4n) is 2.39. The zero-order valence-electron chi connectivity index (χ0n) is 13.6. The van der Waals surface area contributed by atoms with Gasteiger partial charge in [-0.1, -0.05) is 54.6 Å². The van der Waals surface area contributed by atoms with E-state index >= 15 is 0 Å². The fourth-order valence-corrected chi connectivity index (χ4v) is 2.39. The molecule has 0 saturated heterocycles. The van der Waals surface area contributed by atoms with Crippen molar-refractivity contribution in [3.05, 3.63) is 95.8 Å². The summed E-state index contributed by atoms with van der Waals surface area (Å²) >= 11 is 0. The molecule has 24 heavy (non-hydrogen) atoms. The third-order valence-corrected chi connectivity index (χ3v) is 3.71. The van der Waals surface area contributed by atoms with E-state index < -0.39 is 0 Å². The molecule has 122 valence electrons. The van der Waals surface area contributed by atoms with Crippen molar-refractivity contribution < 1.29 is 26.3 Å². The van der Waals surface area contributed by atoms with Gasteiger partial charge in [-0.25, -0.2) is 4.57 Å². The summed E-state index contributed by atoms with van der Waals surface area (Å²) in [5, 5.41) is 0. The molecule has 2 aromatic carbocycles. The number of hydrogen-bond donors (Lipinski definition) is 0. The van der Waals surface area contributed by atoms with Gasteiger partial charge in [-0.15, -0.1) is 0 Å². The Hall–Kier alpha value is -2.39. The summed E-state index contributed by atoms with van der Waals surface area (Å²) in [5.74, 6) is 0.879. The lowest BCUT2D eigenvalue weighted by Crippen LogP contribution is -3.00. The second-order valence-corrected chi connectivity index (χ2v) is 5.40.